The molecule has 2 aliphatic rings. The Labute approximate surface area is 112 Å². The molecule has 0 aromatic carbocycles. The number of fused-ring (bicyclic) bond motifs is 2. The van der Waals surface area contributed by atoms with Gasteiger partial charge in [0.05, 0.1) is 0 Å². The van der Waals surface area contributed by atoms with Gasteiger partial charge < -0.3 is 9.84 Å². The summed E-state index contributed by atoms with van der Waals surface area (Å²) in [4.78, 5) is 4.18. The van der Waals surface area contributed by atoms with Crippen molar-refractivity contribution in [1.82, 2.24) is 15.5 Å². The minimum absolute atomic E-state index is 0.145. The Balaban J connectivity index is 1.61. The molecule has 2 fully saturated rings. The third kappa shape index (κ3) is 3.33. The van der Waals surface area contributed by atoms with Gasteiger partial charge in [-0.15, -0.1) is 0 Å². The molecule has 3 heterocycles. The molecule has 1 aromatic rings. The first-order valence-electron chi connectivity index (χ1n) is 6.73. The average molecular weight is 285 g/mol. The SMILES string of the molecule is CS(=O)(=O)Cc1noc(CC2CC3CCC(C2)N3)n1. The van der Waals surface area contributed by atoms with Gasteiger partial charge in [0.25, 0.3) is 0 Å². The van der Waals surface area contributed by atoms with Gasteiger partial charge in [0.2, 0.25) is 5.89 Å². The van der Waals surface area contributed by atoms with E-state index >= 15 is 0 Å². The number of sulfone groups is 1. The summed E-state index contributed by atoms with van der Waals surface area (Å²) in [6.45, 7) is 0. The Hall–Kier alpha value is -0.950. The zero-order valence-electron chi connectivity index (χ0n) is 11.0. The molecular weight excluding hydrogens is 266 g/mol. The van der Waals surface area contributed by atoms with Crippen LogP contribution < -0.4 is 5.32 Å². The Bertz CT molecular complexity index is 542. The minimum atomic E-state index is -3.10. The second-order valence-corrected chi connectivity index (χ2v) is 7.99. The molecule has 0 radical (unpaired) electrons. The topological polar surface area (TPSA) is 85.1 Å². The van der Waals surface area contributed by atoms with Crippen LogP contribution in [0.5, 0.6) is 0 Å². The fourth-order valence-corrected chi connectivity index (χ4v) is 3.84. The quantitative estimate of drug-likeness (QED) is 0.876. The molecule has 2 unspecified atom stereocenters. The Morgan fingerprint density at radius 3 is 2.63 bits per heavy atom. The van der Waals surface area contributed by atoms with Crippen LogP contribution in [0.3, 0.4) is 0 Å². The second kappa shape index (κ2) is 4.86. The predicted molar refractivity (Wildman–Crippen MR) is 69.2 cm³/mol. The van der Waals surface area contributed by atoms with Crippen LogP contribution >= 0.6 is 0 Å². The second-order valence-electron chi connectivity index (χ2n) is 5.85. The molecule has 2 saturated heterocycles. The van der Waals surface area contributed by atoms with Gasteiger partial charge in [0.15, 0.2) is 15.7 Å². The molecule has 7 heteroatoms. The summed E-state index contributed by atoms with van der Waals surface area (Å²) in [5.41, 5.74) is 0. The van der Waals surface area contributed by atoms with Crippen molar-refractivity contribution in [2.24, 2.45) is 5.92 Å². The van der Waals surface area contributed by atoms with Gasteiger partial charge >= 0.3 is 0 Å². The third-order valence-corrected chi connectivity index (χ3v) is 4.72. The molecule has 0 aliphatic carbocycles. The summed E-state index contributed by atoms with van der Waals surface area (Å²) in [6.07, 6.45) is 6.79. The molecule has 2 bridgehead atoms. The molecule has 2 atom stereocenters. The minimum Gasteiger partial charge on any atom is -0.339 e. The lowest BCUT2D eigenvalue weighted by Gasteiger charge is -2.27. The lowest BCUT2D eigenvalue weighted by Crippen LogP contribution is -2.38. The highest BCUT2D eigenvalue weighted by atomic mass is 32.2. The average Bonchev–Trinajstić information content (AvgIpc) is 2.84. The fraction of sp³-hybridized carbons (Fsp3) is 0.833. The summed E-state index contributed by atoms with van der Waals surface area (Å²) in [6, 6.07) is 1.28. The van der Waals surface area contributed by atoms with Crippen molar-refractivity contribution >= 4 is 9.84 Å². The van der Waals surface area contributed by atoms with E-state index in [1.807, 2.05) is 0 Å². The first-order valence-corrected chi connectivity index (χ1v) is 8.79. The van der Waals surface area contributed by atoms with Crippen LogP contribution in [0.2, 0.25) is 0 Å². The van der Waals surface area contributed by atoms with E-state index in [0.717, 1.165) is 19.3 Å². The van der Waals surface area contributed by atoms with E-state index in [1.165, 1.54) is 19.1 Å². The van der Waals surface area contributed by atoms with Crippen LogP contribution in [-0.4, -0.2) is 36.9 Å². The van der Waals surface area contributed by atoms with Crippen LogP contribution in [0.1, 0.15) is 37.4 Å². The lowest BCUT2D eigenvalue weighted by atomic mass is 9.90. The number of hydrogen-bond acceptors (Lipinski definition) is 6. The molecular formula is C12H19N3O3S. The highest BCUT2D eigenvalue weighted by molar-refractivity contribution is 7.89. The van der Waals surface area contributed by atoms with Gasteiger partial charge in [-0.05, 0) is 31.6 Å². The van der Waals surface area contributed by atoms with E-state index < -0.39 is 9.84 Å². The van der Waals surface area contributed by atoms with Gasteiger partial charge in [0.1, 0.15) is 5.75 Å². The third-order valence-electron chi connectivity index (χ3n) is 3.94. The molecule has 1 aromatic heterocycles. The summed E-state index contributed by atoms with van der Waals surface area (Å²) >= 11 is 0. The molecule has 0 spiro atoms. The van der Waals surface area contributed by atoms with Crippen molar-refractivity contribution in [3.63, 3.8) is 0 Å². The smallest absolute Gasteiger partial charge is 0.226 e. The standard InChI is InChI=1S/C12H19N3O3S/c1-19(16,17)7-11-14-12(18-15-11)6-8-4-9-2-3-10(5-8)13-9/h8-10,13H,2-7H2,1H3. The van der Waals surface area contributed by atoms with E-state index in [4.69, 9.17) is 4.52 Å². The molecule has 3 rings (SSSR count). The zero-order valence-corrected chi connectivity index (χ0v) is 11.8. The number of nitrogens with one attached hydrogen (secondary N) is 1. The highest BCUT2D eigenvalue weighted by Crippen LogP contribution is 2.32. The van der Waals surface area contributed by atoms with Gasteiger partial charge in [-0.25, -0.2) is 8.42 Å². The van der Waals surface area contributed by atoms with Crippen LogP contribution in [0.4, 0.5) is 0 Å². The summed E-state index contributed by atoms with van der Waals surface area (Å²) < 4.78 is 27.5. The Kier molecular flexibility index (Phi) is 3.34. The summed E-state index contributed by atoms with van der Waals surface area (Å²) in [5.74, 6) is 1.28. The molecule has 2 aliphatic heterocycles. The predicted octanol–water partition coefficient (Wildman–Crippen LogP) is 0.687. The van der Waals surface area contributed by atoms with Crippen LogP contribution in [0.25, 0.3) is 0 Å². The lowest BCUT2D eigenvalue weighted by molar-refractivity contribution is 0.270. The van der Waals surface area contributed by atoms with E-state index in [-0.39, 0.29) is 11.6 Å². The van der Waals surface area contributed by atoms with Crippen molar-refractivity contribution in [2.45, 2.75) is 49.9 Å². The fourth-order valence-electron chi connectivity index (χ4n) is 3.25. The molecule has 0 amide bonds. The van der Waals surface area contributed by atoms with Crippen molar-refractivity contribution in [1.29, 1.82) is 0 Å². The number of rotatable bonds is 4. The molecule has 0 saturated carbocycles. The normalized spacial score (nSPS) is 30.7. The van der Waals surface area contributed by atoms with Gasteiger partial charge in [-0.2, -0.15) is 4.98 Å². The Morgan fingerprint density at radius 1 is 1.32 bits per heavy atom. The van der Waals surface area contributed by atoms with Gasteiger partial charge in [-0.3, -0.25) is 0 Å². The Morgan fingerprint density at radius 2 is 2.00 bits per heavy atom. The molecule has 19 heavy (non-hydrogen) atoms. The monoisotopic (exact) mass is 285 g/mol. The van der Waals surface area contributed by atoms with E-state index in [9.17, 15) is 8.42 Å². The van der Waals surface area contributed by atoms with E-state index in [2.05, 4.69) is 15.5 Å². The van der Waals surface area contributed by atoms with Gasteiger partial charge in [-0.1, -0.05) is 5.16 Å². The van der Waals surface area contributed by atoms with Crippen LogP contribution in [0.15, 0.2) is 4.52 Å². The molecule has 6 nitrogen and oxygen atoms in total. The highest BCUT2D eigenvalue weighted by Gasteiger charge is 2.34. The van der Waals surface area contributed by atoms with Crippen LogP contribution in [0, 0.1) is 5.92 Å². The van der Waals surface area contributed by atoms with E-state index in [1.54, 1.807) is 0 Å². The first kappa shape index (κ1) is 13.1. The zero-order chi connectivity index (χ0) is 13.5. The summed E-state index contributed by atoms with van der Waals surface area (Å²) in [7, 11) is -3.10. The maximum atomic E-state index is 11.2. The number of aromatic nitrogens is 2. The van der Waals surface area contributed by atoms with Crippen LogP contribution in [-0.2, 0) is 22.0 Å². The van der Waals surface area contributed by atoms with Gasteiger partial charge in [0, 0.05) is 24.8 Å². The van der Waals surface area contributed by atoms with Crippen molar-refractivity contribution < 1.29 is 12.9 Å². The maximum Gasteiger partial charge on any atom is 0.226 e. The van der Waals surface area contributed by atoms with Crippen molar-refractivity contribution in [2.75, 3.05) is 6.26 Å². The summed E-state index contributed by atoms with van der Waals surface area (Å²) in [5, 5.41) is 7.34. The maximum absolute atomic E-state index is 11.2. The molecule has 1 N–H and O–H groups in total. The van der Waals surface area contributed by atoms with E-state index in [0.29, 0.717) is 23.9 Å². The first-order chi connectivity index (χ1) is 8.98. The number of nitrogens with zero attached hydrogens (tertiary/aromatic N) is 2. The van der Waals surface area contributed by atoms with Crippen molar-refractivity contribution in [3.05, 3.63) is 11.7 Å². The molecule has 106 valence electrons. The van der Waals surface area contributed by atoms with Crippen molar-refractivity contribution in [3.8, 4) is 0 Å². The largest absolute Gasteiger partial charge is 0.339 e. The number of hydrogen-bond donors (Lipinski definition) is 1. The number of piperidine rings is 1.